The van der Waals surface area contributed by atoms with E-state index in [1.165, 1.54) is 34.4 Å². The van der Waals surface area contributed by atoms with Gasteiger partial charge in [-0.3, -0.25) is 0 Å². The summed E-state index contributed by atoms with van der Waals surface area (Å²) in [6.45, 7) is 2.14. The Morgan fingerprint density at radius 3 is 2.81 bits per heavy atom. The van der Waals surface area contributed by atoms with Crippen molar-refractivity contribution in [3.8, 4) is 0 Å². The van der Waals surface area contributed by atoms with Crippen LogP contribution >= 0.6 is 0 Å². The lowest BCUT2D eigenvalue weighted by atomic mass is 10.1. The number of hydrogen-bond donors (Lipinski definition) is 1. The van der Waals surface area contributed by atoms with E-state index in [1.807, 2.05) is 6.20 Å². The number of nitrogens with one attached hydrogen (secondary N) is 1. The van der Waals surface area contributed by atoms with Crippen LogP contribution in [0.4, 0.5) is 0 Å². The molecule has 0 spiro atoms. The number of rotatable bonds is 1. The third-order valence-electron chi connectivity index (χ3n) is 3.34. The highest BCUT2D eigenvalue weighted by Crippen LogP contribution is 2.33. The van der Waals surface area contributed by atoms with Crippen LogP contribution in [0.3, 0.4) is 0 Å². The van der Waals surface area contributed by atoms with Crippen molar-refractivity contribution >= 4 is 11.6 Å². The Morgan fingerprint density at radius 1 is 1.12 bits per heavy atom. The van der Waals surface area contributed by atoms with E-state index in [2.05, 4.69) is 48.3 Å². The summed E-state index contributed by atoms with van der Waals surface area (Å²) >= 11 is 0. The SMILES string of the molecule is Cc1cc[nH]c1/C=C1/CCc2ccccc21. The first-order chi connectivity index (χ1) is 7.84. The first-order valence-electron chi connectivity index (χ1n) is 5.77. The minimum absolute atomic E-state index is 1.16. The lowest BCUT2D eigenvalue weighted by molar-refractivity contribution is 1.08. The van der Waals surface area contributed by atoms with Gasteiger partial charge in [0, 0.05) is 11.9 Å². The molecule has 80 valence electrons. The summed E-state index contributed by atoms with van der Waals surface area (Å²) in [5.74, 6) is 0. The van der Waals surface area contributed by atoms with Crippen LogP contribution in [0, 0.1) is 6.92 Å². The first-order valence-corrected chi connectivity index (χ1v) is 5.77. The van der Waals surface area contributed by atoms with Crippen LogP contribution in [-0.2, 0) is 6.42 Å². The maximum atomic E-state index is 3.29. The molecule has 0 amide bonds. The Balaban J connectivity index is 2.05. The molecule has 1 heteroatoms. The Bertz CT molecular complexity index is 546. The van der Waals surface area contributed by atoms with E-state index in [4.69, 9.17) is 0 Å². The van der Waals surface area contributed by atoms with Gasteiger partial charge in [-0.25, -0.2) is 0 Å². The van der Waals surface area contributed by atoms with Gasteiger partial charge in [-0.15, -0.1) is 0 Å². The molecule has 0 radical (unpaired) electrons. The fourth-order valence-electron chi connectivity index (χ4n) is 2.40. The van der Waals surface area contributed by atoms with Crippen molar-refractivity contribution in [2.75, 3.05) is 0 Å². The van der Waals surface area contributed by atoms with Gasteiger partial charge in [0.15, 0.2) is 0 Å². The van der Waals surface area contributed by atoms with Crippen molar-refractivity contribution in [2.24, 2.45) is 0 Å². The molecule has 0 fully saturated rings. The predicted molar refractivity (Wildman–Crippen MR) is 68.2 cm³/mol. The van der Waals surface area contributed by atoms with E-state index < -0.39 is 0 Å². The van der Waals surface area contributed by atoms with Gasteiger partial charge in [0.25, 0.3) is 0 Å². The number of aromatic nitrogens is 1. The molecule has 0 bridgehead atoms. The second-order valence-electron chi connectivity index (χ2n) is 4.40. The van der Waals surface area contributed by atoms with Crippen molar-refractivity contribution in [2.45, 2.75) is 19.8 Å². The van der Waals surface area contributed by atoms with Crippen LogP contribution in [-0.4, -0.2) is 4.98 Å². The van der Waals surface area contributed by atoms with Crippen molar-refractivity contribution in [1.29, 1.82) is 0 Å². The molecule has 1 aliphatic carbocycles. The van der Waals surface area contributed by atoms with E-state index in [1.54, 1.807) is 0 Å². The summed E-state index contributed by atoms with van der Waals surface area (Å²) in [6.07, 6.45) is 6.64. The normalized spacial score (nSPS) is 16.7. The van der Waals surface area contributed by atoms with Crippen molar-refractivity contribution < 1.29 is 0 Å². The summed E-state index contributed by atoms with van der Waals surface area (Å²) in [5.41, 5.74) is 6.93. The minimum atomic E-state index is 1.16. The number of fused-ring (bicyclic) bond motifs is 1. The van der Waals surface area contributed by atoms with Crippen LogP contribution < -0.4 is 0 Å². The topological polar surface area (TPSA) is 15.8 Å². The van der Waals surface area contributed by atoms with Gasteiger partial charge in [-0.2, -0.15) is 0 Å². The molecule has 1 aromatic carbocycles. The van der Waals surface area contributed by atoms with Gasteiger partial charge in [0.05, 0.1) is 0 Å². The maximum absolute atomic E-state index is 3.29. The van der Waals surface area contributed by atoms with Gasteiger partial charge in [-0.1, -0.05) is 24.3 Å². The van der Waals surface area contributed by atoms with Crippen LogP contribution in [0.5, 0.6) is 0 Å². The maximum Gasteiger partial charge on any atom is 0.0412 e. The van der Waals surface area contributed by atoms with Crippen LogP contribution in [0.1, 0.15) is 28.8 Å². The Hall–Kier alpha value is -1.76. The van der Waals surface area contributed by atoms with E-state index in [0.717, 1.165) is 6.42 Å². The highest BCUT2D eigenvalue weighted by molar-refractivity contribution is 5.85. The molecule has 3 rings (SSSR count). The number of benzene rings is 1. The standard InChI is InChI=1S/C15H15N/c1-11-8-9-16-15(11)10-13-7-6-12-4-2-3-5-14(12)13/h2-5,8-10,16H,6-7H2,1H3/b13-10-. The van der Waals surface area contributed by atoms with E-state index in [0.29, 0.717) is 0 Å². The minimum Gasteiger partial charge on any atom is -0.361 e. The van der Waals surface area contributed by atoms with Crippen LogP contribution in [0.25, 0.3) is 11.6 Å². The fourth-order valence-corrected chi connectivity index (χ4v) is 2.40. The zero-order chi connectivity index (χ0) is 11.0. The van der Waals surface area contributed by atoms with Crippen molar-refractivity contribution in [3.63, 3.8) is 0 Å². The second kappa shape index (κ2) is 3.67. The highest BCUT2D eigenvalue weighted by atomic mass is 14.7. The van der Waals surface area contributed by atoms with E-state index >= 15 is 0 Å². The summed E-state index contributed by atoms with van der Waals surface area (Å²) in [6, 6.07) is 10.8. The molecule has 0 aliphatic heterocycles. The Kier molecular flexibility index (Phi) is 2.17. The summed E-state index contributed by atoms with van der Waals surface area (Å²) in [4.78, 5) is 3.29. The average Bonchev–Trinajstić information content (AvgIpc) is 2.88. The smallest absolute Gasteiger partial charge is 0.0412 e. The average molecular weight is 209 g/mol. The van der Waals surface area contributed by atoms with Crippen molar-refractivity contribution in [3.05, 3.63) is 58.9 Å². The van der Waals surface area contributed by atoms with Crippen LogP contribution in [0.2, 0.25) is 0 Å². The molecule has 1 N–H and O–H groups in total. The third kappa shape index (κ3) is 1.49. The molecule has 2 aromatic rings. The highest BCUT2D eigenvalue weighted by Gasteiger charge is 2.15. The molecule has 0 unspecified atom stereocenters. The molecular formula is C15H15N. The molecular weight excluding hydrogens is 194 g/mol. The molecule has 0 saturated carbocycles. The van der Waals surface area contributed by atoms with Gasteiger partial charge in [0.2, 0.25) is 0 Å². The van der Waals surface area contributed by atoms with Gasteiger partial charge in [0.1, 0.15) is 0 Å². The second-order valence-corrected chi connectivity index (χ2v) is 4.40. The zero-order valence-electron chi connectivity index (χ0n) is 9.46. The molecule has 1 aliphatic rings. The van der Waals surface area contributed by atoms with Gasteiger partial charge in [-0.05, 0) is 54.2 Å². The quantitative estimate of drug-likeness (QED) is 0.735. The van der Waals surface area contributed by atoms with Gasteiger partial charge < -0.3 is 4.98 Å². The lowest BCUT2D eigenvalue weighted by Gasteiger charge is -2.00. The largest absolute Gasteiger partial charge is 0.361 e. The molecule has 1 aromatic heterocycles. The lowest BCUT2D eigenvalue weighted by Crippen LogP contribution is -1.81. The van der Waals surface area contributed by atoms with Crippen LogP contribution in [0.15, 0.2) is 36.5 Å². The number of aromatic amines is 1. The fraction of sp³-hybridized carbons (Fsp3) is 0.200. The third-order valence-corrected chi connectivity index (χ3v) is 3.34. The molecule has 0 atom stereocenters. The van der Waals surface area contributed by atoms with E-state index in [-0.39, 0.29) is 0 Å². The monoisotopic (exact) mass is 209 g/mol. The summed E-state index contributed by atoms with van der Waals surface area (Å²) in [7, 11) is 0. The van der Waals surface area contributed by atoms with Gasteiger partial charge >= 0.3 is 0 Å². The zero-order valence-corrected chi connectivity index (χ0v) is 9.46. The summed E-state index contributed by atoms with van der Waals surface area (Å²) in [5, 5.41) is 0. The Labute approximate surface area is 95.8 Å². The predicted octanol–water partition coefficient (Wildman–Crippen LogP) is 3.81. The summed E-state index contributed by atoms with van der Waals surface area (Å²) < 4.78 is 0. The Morgan fingerprint density at radius 2 is 2.00 bits per heavy atom. The number of allylic oxidation sites excluding steroid dienone is 1. The van der Waals surface area contributed by atoms with E-state index in [9.17, 15) is 0 Å². The number of hydrogen-bond acceptors (Lipinski definition) is 0. The first kappa shape index (κ1) is 9.46. The number of H-pyrrole nitrogens is 1. The molecule has 1 heterocycles. The molecule has 1 nitrogen and oxygen atoms in total. The van der Waals surface area contributed by atoms with Crippen molar-refractivity contribution in [1.82, 2.24) is 4.98 Å². The molecule has 0 saturated heterocycles. The number of aryl methyl sites for hydroxylation is 2. The molecule has 16 heavy (non-hydrogen) atoms.